The molecule has 11 heteroatoms. The lowest BCUT2D eigenvalue weighted by molar-refractivity contribution is -0.116. The summed E-state index contributed by atoms with van der Waals surface area (Å²) in [5.74, 6) is 0.766. The molecule has 1 amide bonds. The fraction of sp³-hybridized carbons (Fsp3) is 0.200. The molecule has 1 atom stereocenters. The first-order valence-corrected chi connectivity index (χ1v) is 14.3. The fourth-order valence-electron chi connectivity index (χ4n) is 4.29. The van der Waals surface area contributed by atoms with Crippen molar-refractivity contribution in [2.75, 3.05) is 7.05 Å². The van der Waals surface area contributed by atoms with E-state index in [0.29, 0.717) is 45.1 Å². The highest BCUT2D eigenvalue weighted by Gasteiger charge is 2.34. The van der Waals surface area contributed by atoms with Crippen molar-refractivity contribution in [3.8, 4) is 0 Å². The Morgan fingerprint density at radius 1 is 1.20 bits per heavy atom. The van der Waals surface area contributed by atoms with Gasteiger partial charge >= 0.3 is 0 Å². The summed E-state index contributed by atoms with van der Waals surface area (Å²) in [5, 5.41) is 12.5. The van der Waals surface area contributed by atoms with E-state index in [4.69, 9.17) is 21.6 Å². The van der Waals surface area contributed by atoms with Gasteiger partial charge in [0.05, 0.1) is 23.2 Å². The van der Waals surface area contributed by atoms with Crippen LogP contribution in [0.1, 0.15) is 43.1 Å². The number of hydrogen-bond acceptors (Lipinski definition) is 9. The van der Waals surface area contributed by atoms with Crippen LogP contribution in [-0.2, 0) is 11.2 Å². The summed E-state index contributed by atoms with van der Waals surface area (Å²) in [6, 6.07) is 14.6. The first-order chi connectivity index (χ1) is 20.0. The molecule has 2 aliphatic heterocycles. The summed E-state index contributed by atoms with van der Waals surface area (Å²) in [6.45, 7) is 4.11. The highest BCUT2D eigenvalue weighted by molar-refractivity contribution is 8.16. The molecule has 3 heterocycles. The Morgan fingerprint density at radius 2 is 2.00 bits per heavy atom. The van der Waals surface area contributed by atoms with Crippen LogP contribution in [0.4, 0.5) is 5.69 Å². The van der Waals surface area contributed by atoms with Crippen molar-refractivity contribution in [2.24, 2.45) is 15.0 Å². The van der Waals surface area contributed by atoms with E-state index in [0.717, 1.165) is 23.5 Å². The van der Waals surface area contributed by atoms with Crippen LogP contribution in [0.15, 0.2) is 98.7 Å². The molecule has 1 unspecified atom stereocenters. The number of rotatable bonds is 5. The minimum atomic E-state index is -0.759. The predicted octanol–water partition coefficient (Wildman–Crippen LogP) is 5.57. The van der Waals surface area contributed by atoms with Crippen molar-refractivity contribution < 1.29 is 4.79 Å². The normalized spacial score (nSPS) is 16.9. The number of benzene rings is 2. The number of nitrogens with zero attached hydrogens (tertiary/aromatic N) is 5. The molecule has 0 radical (unpaired) electrons. The van der Waals surface area contributed by atoms with Crippen molar-refractivity contribution in [3.63, 3.8) is 0 Å². The molecule has 0 bridgehead atoms. The Hall–Kier alpha value is -4.28. The summed E-state index contributed by atoms with van der Waals surface area (Å²) in [7, 11) is 1.64. The van der Waals surface area contributed by atoms with Gasteiger partial charge in [-0.15, -0.1) is 0 Å². The number of thioether (sulfide) groups is 1. The average Bonchev–Trinajstić information content (AvgIpc) is 3.41. The van der Waals surface area contributed by atoms with Crippen molar-refractivity contribution in [1.29, 1.82) is 0 Å². The molecule has 0 fully saturated rings. The third kappa shape index (κ3) is 6.55. The standard InChI is InChI=1S/C30H29ClN8OS/c1-4-18(2)17-41-30(32-3)39-28(40)25-26(20-10-6-7-11-21(20)31)37-29(38-27(25)23-16-33-13-14-34-23)36-24-15-19-9-5-8-12-22(19)35-24/h5-14,16-17,26H,4,15H2,1-3H3,(H,32,39,40)(H2,35,36,37,38)/b18-17+. The van der Waals surface area contributed by atoms with Crippen LogP contribution in [0.5, 0.6) is 0 Å². The Kier molecular flexibility index (Phi) is 8.91. The zero-order valence-electron chi connectivity index (χ0n) is 22.9. The number of halogens is 1. The van der Waals surface area contributed by atoms with Crippen LogP contribution in [0, 0.1) is 0 Å². The highest BCUT2D eigenvalue weighted by atomic mass is 35.5. The van der Waals surface area contributed by atoms with Crippen molar-refractivity contribution >= 4 is 57.6 Å². The molecule has 5 rings (SSSR count). The maximum atomic E-state index is 14.0. The molecule has 208 valence electrons. The van der Waals surface area contributed by atoms with E-state index in [9.17, 15) is 4.79 Å². The van der Waals surface area contributed by atoms with E-state index in [1.807, 2.05) is 54.8 Å². The zero-order valence-corrected chi connectivity index (χ0v) is 24.4. The summed E-state index contributed by atoms with van der Waals surface area (Å²) in [4.78, 5) is 36.7. The SMILES string of the molecule is CC/C(C)=C/S/C(=N\C)NC(=O)C1=C(c2cnccn2)NC(NC2=Nc3ccccc3C2)=NC1c1ccccc1Cl. The van der Waals surface area contributed by atoms with Gasteiger partial charge in [-0.05, 0) is 36.4 Å². The topological polar surface area (TPSA) is 116 Å². The summed E-state index contributed by atoms with van der Waals surface area (Å²) in [5.41, 5.74) is 5.14. The highest BCUT2D eigenvalue weighted by Crippen LogP contribution is 2.37. The number of nitrogens with one attached hydrogen (secondary N) is 3. The molecule has 41 heavy (non-hydrogen) atoms. The Labute approximate surface area is 248 Å². The molecule has 0 aliphatic carbocycles. The number of fused-ring (bicyclic) bond motifs is 1. The number of amidine groups is 2. The number of amides is 1. The molecule has 3 aromatic rings. The monoisotopic (exact) mass is 584 g/mol. The zero-order chi connectivity index (χ0) is 28.8. The number of aromatic nitrogens is 2. The molecule has 2 aromatic carbocycles. The number of para-hydroxylation sites is 1. The molecule has 9 nitrogen and oxygen atoms in total. The molecule has 3 N–H and O–H groups in total. The van der Waals surface area contributed by atoms with Gasteiger partial charge < -0.3 is 16.0 Å². The maximum absolute atomic E-state index is 14.0. The maximum Gasteiger partial charge on any atom is 0.257 e. The van der Waals surface area contributed by atoms with E-state index < -0.39 is 6.04 Å². The summed E-state index contributed by atoms with van der Waals surface area (Å²) in [6.07, 6.45) is 6.29. The first-order valence-electron chi connectivity index (χ1n) is 13.1. The van der Waals surface area contributed by atoms with E-state index in [1.165, 1.54) is 17.3 Å². The molecular formula is C30H29ClN8OS. The third-order valence-corrected chi connectivity index (χ3v) is 7.90. The van der Waals surface area contributed by atoms with Crippen LogP contribution in [0.25, 0.3) is 5.70 Å². The predicted molar refractivity (Wildman–Crippen MR) is 167 cm³/mol. The van der Waals surface area contributed by atoms with Crippen LogP contribution in [0.3, 0.4) is 0 Å². The second-order valence-electron chi connectivity index (χ2n) is 9.31. The van der Waals surface area contributed by atoms with Gasteiger partial charge in [0, 0.05) is 36.4 Å². The van der Waals surface area contributed by atoms with Gasteiger partial charge in [-0.25, -0.2) is 9.98 Å². The number of allylic oxidation sites excluding steroid dienone is 1. The van der Waals surface area contributed by atoms with Gasteiger partial charge in [0.1, 0.15) is 17.6 Å². The van der Waals surface area contributed by atoms with Crippen LogP contribution in [-0.4, -0.2) is 39.9 Å². The van der Waals surface area contributed by atoms with Gasteiger partial charge in [-0.2, -0.15) is 0 Å². The molecule has 0 saturated heterocycles. The lowest BCUT2D eigenvalue weighted by Crippen LogP contribution is -2.45. The molecular weight excluding hydrogens is 556 g/mol. The van der Waals surface area contributed by atoms with Gasteiger partial charge in [-0.3, -0.25) is 19.8 Å². The lowest BCUT2D eigenvalue weighted by Gasteiger charge is -2.28. The second kappa shape index (κ2) is 12.9. The van der Waals surface area contributed by atoms with Gasteiger partial charge in [0.2, 0.25) is 5.96 Å². The number of hydrogen-bond donors (Lipinski definition) is 3. The molecule has 0 spiro atoms. The minimum Gasteiger partial charge on any atom is -0.324 e. The summed E-state index contributed by atoms with van der Waals surface area (Å²) < 4.78 is 0. The number of guanidine groups is 1. The average molecular weight is 585 g/mol. The minimum absolute atomic E-state index is 0.332. The molecule has 1 aromatic heterocycles. The number of carbonyl (C=O) groups excluding carboxylic acids is 1. The molecule has 0 saturated carbocycles. The largest absolute Gasteiger partial charge is 0.324 e. The Balaban J connectivity index is 1.56. The quantitative estimate of drug-likeness (QED) is 0.267. The van der Waals surface area contributed by atoms with Gasteiger partial charge in [0.15, 0.2) is 5.17 Å². The lowest BCUT2D eigenvalue weighted by atomic mass is 9.94. The van der Waals surface area contributed by atoms with E-state index >= 15 is 0 Å². The van der Waals surface area contributed by atoms with Crippen LogP contribution >= 0.6 is 23.4 Å². The number of aliphatic imine (C=N–C) groups is 3. The van der Waals surface area contributed by atoms with E-state index in [-0.39, 0.29) is 5.91 Å². The van der Waals surface area contributed by atoms with E-state index in [2.05, 4.69) is 37.8 Å². The van der Waals surface area contributed by atoms with Crippen molar-refractivity contribution in [2.45, 2.75) is 32.7 Å². The first kappa shape index (κ1) is 28.3. The third-order valence-electron chi connectivity index (χ3n) is 6.53. The van der Waals surface area contributed by atoms with Crippen molar-refractivity contribution in [1.82, 2.24) is 25.9 Å². The van der Waals surface area contributed by atoms with Crippen LogP contribution < -0.4 is 16.0 Å². The second-order valence-corrected chi connectivity index (χ2v) is 10.6. The Morgan fingerprint density at radius 3 is 2.73 bits per heavy atom. The smallest absolute Gasteiger partial charge is 0.257 e. The Bertz CT molecular complexity index is 1610. The van der Waals surface area contributed by atoms with E-state index in [1.54, 1.807) is 31.7 Å². The van der Waals surface area contributed by atoms with Gasteiger partial charge in [0.25, 0.3) is 5.91 Å². The number of carbonyl (C=O) groups is 1. The van der Waals surface area contributed by atoms with Crippen LogP contribution in [0.2, 0.25) is 5.02 Å². The fourth-order valence-corrected chi connectivity index (χ4v) is 5.26. The van der Waals surface area contributed by atoms with Gasteiger partial charge in [-0.1, -0.05) is 72.3 Å². The molecule has 2 aliphatic rings. The van der Waals surface area contributed by atoms with Crippen molar-refractivity contribution in [3.05, 3.63) is 106 Å². The summed E-state index contributed by atoms with van der Waals surface area (Å²) >= 11 is 8.04.